The van der Waals surface area contributed by atoms with Gasteiger partial charge in [-0.2, -0.15) is 0 Å². The topological polar surface area (TPSA) is 67.9 Å². The maximum atomic E-state index is 13.5. The van der Waals surface area contributed by atoms with Gasteiger partial charge in [0.15, 0.2) is 11.5 Å². The molecule has 0 radical (unpaired) electrons. The van der Waals surface area contributed by atoms with E-state index in [9.17, 15) is 9.59 Å². The van der Waals surface area contributed by atoms with Gasteiger partial charge in [-0.25, -0.2) is 0 Å². The Kier molecular flexibility index (Phi) is 10.6. The van der Waals surface area contributed by atoms with E-state index in [1.807, 2.05) is 64.1 Å². The third-order valence-electron chi connectivity index (χ3n) is 6.79. The lowest BCUT2D eigenvalue weighted by Gasteiger charge is -2.31. The maximum Gasteiger partial charge on any atom is 0.242 e. The summed E-state index contributed by atoms with van der Waals surface area (Å²) in [6.45, 7) is 9.28. The van der Waals surface area contributed by atoms with Gasteiger partial charge in [-0.3, -0.25) is 9.59 Å². The van der Waals surface area contributed by atoms with Crippen molar-refractivity contribution in [2.45, 2.75) is 91.3 Å². The molecule has 2 amide bonds. The van der Waals surface area contributed by atoms with E-state index in [1.165, 1.54) is 6.42 Å². The van der Waals surface area contributed by atoms with Crippen molar-refractivity contribution >= 4 is 11.8 Å². The van der Waals surface area contributed by atoms with Crippen molar-refractivity contribution in [3.05, 3.63) is 59.2 Å². The van der Waals surface area contributed by atoms with E-state index in [0.717, 1.165) is 42.4 Å². The summed E-state index contributed by atoms with van der Waals surface area (Å²) in [5, 5.41) is 3.20. The van der Waals surface area contributed by atoms with Crippen LogP contribution in [-0.2, 0) is 22.6 Å². The summed E-state index contributed by atoms with van der Waals surface area (Å²) in [5.41, 5.74) is 3.17. The molecule has 6 nitrogen and oxygen atoms in total. The molecule has 0 aromatic heterocycles. The summed E-state index contributed by atoms with van der Waals surface area (Å²) in [6, 6.07) is 13.6. The Bertz CT molecular complexity index is 1000. The summed E-state index contributed by atoms with van der Waals surface area (Å²) in [7, 11) is 0. The second-order valence-electron chi connectivity index (χ2n) is 9.68. The van der Waals surface area contributed by atoms with Gasteiger partial charge in [0.2, 0.25) is 11.8 Å². The monoisotopic (exact) mass is 494 g/mol. The molecule has 6 heteroatoms. The normalized spacial score (nSPS) is 14.7. The number of hydrogen-bond acceptors (Lipinski definition) is 4. The fourth-order valence-electron chi connectivity index (χ4n) is 4.80. The summed E-state index contributed by atoms with van der Waals surface area (Å²) in [4.78, 5) is 28.4. The largest absolute Gasteiger partial charge is 0.490 e. The molecule has 0 unspecified atom stereocenters. The zero-order valence-corrected chi connectivity index (χ0v) is 22.3. The zero-order valence-electron chi connectivity index (χ0n) is 22.3. The molecular formula is C30H42N2O4. The average molecular weight is 495 g/mol. The molecule has 0 saturated heterocycles. The lowest BCUT2D eigenvalue weighted by Crippen LogP contribution is -2.50. The van der Waals surface area contributed by atoms with Crippen molar-refractivity contribution in [3.63, 3.8) is 0 Å². The fraction of sp³-hybridized carbons (Fsp3) is 0.533. The van der Waals surface area contributed by atoms with Gasteiger partial charge in [0.05, 0.1) is 13.2 Å². The molecule has 0 bridgehead atoms. The van der Waals surface area contributed by atoms with Gasteiger partial charge >= 0.3 is 0 Å². The number of aryl methyl sites for hydroxylation is 2. The highest BCUT2D eigenvalue weighted by molar-refractivity contribution is 5.87. The lowest BCUT2D eigenvalue weighted by molar-refractivity contribution is -0.141. The summed E-state index contributed by atoms with van der Waals surface area (Å²) < 4.78 is 11.4. The van der Waals surface area contributed by atoms with Crippen LogP contribution in [0, 0.1) is 6.92 Å². The highest BCUT2D eigenvalue weighted by Crippen LogP contribution is 2.29. The first-order chi connectivity index (χ1) is 17.4. The third-order valence-corrected chi connectivity index (χ3v) is 6.79. The van der Waals surface area contributed by atoms with Crippen LogP contribution in [-0.4, -0.2) is 42.0 Å². The summed E-state index contributed by atoms with van der Waals surface area (Å²) >= 11 is 0. The zero-order chi connectivity index (χ0) is 25.9. The highest BCUT2D eigenvalue weighted by Gasteiger charge is 2.28. The Morgan fingerprint density at radius 3 is 2.39 bits per heavy atom. The standard InChI is InChI=1S/C30H42N2O4/c1-5-35-27-17-15-24(20-28(27)36-6-2)16-18-29(33)32(21-25-12-10-11-22(3)19-25)23(4)30(34)31-26-13-8-7-9-14-26/h10-12,15,17,19-20,23,26H,5-9,13-14,16,18,21H2,1-4H3,(H,31,34)/t23-/m1/s1. The predicted octanol–water partition coefficient (Wildman–Crippen LogP) is 5.59. The lowest BCUT2D eigenvalue weighted by atomic mass is 9.95. The first-order valence-corrected chi connectivity index (χ1v) is 13.4. The van der Waals surface area contributed by atoms with Crippen LogP contribution in [0.2, 0.25) is 0 Å². The van der Waals surface area contributed by atoms with Crippen LogP contribution in [0.25, 0.3) is 0 Å². The van der Waals surface area contributed by atoms with Gasteiger partial charge in [-0.15, -0.1) is 0 Å². The molecule has 1 aliphatic carbocycles. The Balaban J connectivity index is 1.72. The van der Waals surface area contributed by atoms with Gasteiger partial charge < -0.3 is 19.7 Å². The minimum Gasteiger partial charge on any atom is -0.490 e. The van der Waals surface area contributed by atoms with Crippen LogP contribution >= 0.6 is 0 Å². The van der Waals surface area contributed by atoms with E-state index >= 15 is 0 Å². The average Bonchev–Trinajstić information content (AvgIpc) is 2.87. The van der Waals surface area contributed by atoms with E-state index in [4.69, 9.17) is 9.47 Å². The number of amides is 2. The van der Waals surface area contributed by atoms with Gasteiger partial charge in [-0.1, -0.05) is 55.2 Å². The first kappa shape index (κ1) is 27.6. The molecule has 196 valence electrons. The van der Waals surface area contributed by atoms with E-state index in [0.29, 0.717) is 44.1 Å². The van der Waals surface area contributed by atoms with Gasteiger partial charge in [0.1, 0.15) is 6.04 Å². The van der Waals surface area contributed by atoms with Gasteiger partial charge in [0.25, 0.3) is 0 Å². The number of benzene rings is 2. The molecule has 0 aliphatic heterocycles. The number of carbonyl (C=O) groups excluding carboxylic acids is 2. The Hall–Kier alpha value is -3.02. The predicted molar refractivity (Wildman–Crippen MR) is 143 cm³/mol. The molecule has 1 fully saturated rings. The molecular weight excluding hydrogens is 452 g/mol. The molecule has 0 heterocycles. The van der Waals surface area contributed by atoms with Crippen molar-refractivity contribution in [1.29, 1.82) is 0 Å². The number of hydrogen-bond donors (Lipinski definition) is 1. The second kappa shape index (κ2) is 13.9. The molecule has 0 spiro atoms. The van der Waals surface area contributed by atoms with E-state index in [2.05, 4.69) is 11.4 Å². The van der Waals surface area contributed by atoms with E-state index < -0.39 is 6.04 Å². The molecule has 3 rings (SSSR count). The Morgan fingerprint density at radius 1 is 0.972 bits per heavy atom. The van der Waals surface area contributed by atoms with Crippen LogP contribution in [0.1, 0.15) is 76.0 Å². The molecule has 2 aromatic rings. The number of carbonyl (C=O) groups is 2. The highest BCUT2D eigenvalue weighted by atomic mass is 16.5. The smallest absolute Gasteiger partial charge is 0.242 e. The van der Waals surface area contributed by atoms with Crippen LogP contribution in [0.4, 0.5) is 0 Å². The van der Waals surface area contributed by atoms with E-state index in [-0.39, 0.29) is 17.9 Å². The van der Waals surface area contributed by atoms with Crippen LogP contribution in [0.5, 0.6) is 11.5 Å². The molecule has 1 N–H and O–H groups in total. The van der Waals surface area contributed by atoms with Crippen LogP contribution in [0.3, 0.4) is 0 Å². The maximum absolute atomic E-state index is 13.5. The molecule has 36 heavy (non-hydrogen) atoms. The van der Waals surface area contributed by atoms with Gasteiger partial charge in [0, 0.05) is 19.0 Å². The number of nitrogens with zero attached hydrogens (tertiary/aromatic N) is 1. The Labute approximate surface area is 216 Å². The number of ether oxygens (including phenoxy) is 2. The molecule has 1 saturated carbocycles. The van der Waals surface area contributed by atoms with E-state index in [1.54, 1.807) is 4.90 Å². The summed E-state index contributed by atoms with van der Waals surface area (Å²) in [6.07, 6.45) is 6.44. The summed E-state index contributed by atoms with van der Waals surface area (Å²) in [5.74, 6) is 1.31. The van der Waals surface area contributed by atoms with Crippen molar-refractivity contribution in [3.8, 4) is 11.5 Å². The number of rotatable bonds is 12. The number of nitrogens with one attached hydrogen (secondary N) is 1. The van der Waals surface area contributed by atoms with Crippen molar-refractivity contribution in [2.24, 2.45) is 0 Å². The van der Waals surface area contributed by atoms with Crippen molar-refractivity contribution in [1.82, 2.24) is 10.2 Å². The molecule has 1 atom stereocenters. The van der Waals surface area contributed by atoms with Crippen LogP contribution < -0.4 is 14.8 Å². The SMILES string of the molecule is CCOc1ccc(CCC(=O)N(Cc2cccc(C)c2)[C@H](C)C(=O)NC2CCCCC2)cc1OCC. The third kappa shape index (κ3) is 8.00. The fourth-order valence-corrected chi connectivity index (χ4v) is 4.80. The second-order valence-corrected chi connectivity index (χ2v) is 9.68. The first-order valence-electron chi connectivity index (χ1n) is 13.4. The minimum atomic E-state index is -0.542. The van der Waals surface area contributed by atoms with Crippen molar-refractivity contribution in [2.75, 3.05) is 13.2 Å². The van der Waals surface area contributed by atoms with Gasteiger partial charge in [-0.05, 0) is 70.2 Å². The molecule has 1 aliphatic rings. The molecule has 2 aromatic carbocycles. The van der Waals surface area contributed by atoms with Crippen molar-refractivity contribution < 1.29 is 19.1 Å². The van der Waals surface area contributed by atoms with Crippen LogP contribution in [0.15, 0.2) is 42.5 Å². The Morgan fingerprint density at radius 2 is 1.69 bits per heavy atom. The quantitative estimate of drug-likeness (QED) is 0.418. The minimum absolute atomic E-state index is 0.0327.